The van der Waals surface area contributed by atoms with E-state index in [2.05, 4.69) is 25.4 Å². The number of nitrogens with zero attached hydrogens (tertiary/aromatic N) is 4. The van der Waals surface area contributed by atoms with E-state index in [1.807, 2.05) is 12.2 Å². The van der Waals surface area contributed by atoms with Crippen LogP contribution in [0.1, 0.15) is 33.6 Å². The second-order valence-corrected chi connectivity index (χ2v) is 7.84. The van der Waals surface area contributed by atoms with Gasteiger partial charge in [0.2, 0.25) is 0 Å². The molecule has 2 aliphatic rings. The molecule has 2 aliphatic heterocycles. The number of nitrogens with one attached hydrogen (secondary N) is 1. The summed E-state index contributed by atoms with van der Waals surface area (Å²) >= 11 is 0. The minimum atomic E-state index is -0.957. The van der Waals surface area contributed by atoms with Gasteiger partial charge in [0.05, 0.1) is 42.7 Å². The van der Waals surface area contributed by atoms with Crippen molar-refractivity contribution in [2.24, 2.45) is 10.9 Å². The van der Waals surface area contributed by atoms with Gasteiger partial charge < -0.3 is 20.1 Å². The summed E-state index contributed by atoms with van der Waals surface area (Å²) in [5, 5.41) is 19.4. The highest BCUT2D eigenvalue weighted by Gasteiger charge is 2.23. The Morgan fingerprint density at radius 2 is 2.00 bits per heavy atom. The summed E-state index contributed by atoms with van der Waals surface area (Å²) in [5.74, 6) is 0.787. The predicted molar refractivity (Wildman–Crippen MR) is 118 cm³/mol. The van der Waals surface area contributed by atoms with Crippen LogP contribution in [0.5, 0.6) is 5.75 Å². The maximum absolute atomic E-state index is 12.2. The van der Waals surface area contributed by atoms with E-state index >= 15 is 0 Å². The zero-order chi connectivity index (χ0) is 22.3. The number of aromatic nitrogens is 2. The van der Waals surface area contributed by atoms with Gasteiger partial charge in [0.1, 0.15) is 11.6 Å². The summed E-state index contributed by atoms with van der Waals surface area (Å²) in [7, 11) is 0. The molecule has 9 heteroatoms. The molecule has 0 aliphatic carbocycles. The van der Waals surface area contributed by atoms with E-state index < -0.39 is 5.97 Å². The number of rotatable bonds is 6. The Morgan fingerprint density at radius 3 is 2.69 bits per heavy atom. The number of carbonyl (C=O) groups is 2. The second-order valence-electron chi connectivity index (χ2n) is 7.84. The standard InChI is InChI=1S/C23H25N5O4/c29-22(18-6-9-25-26-13-18)27-19-4-5-21(24-14-19)28-10-7-16(8-11-28)15-32-20-3-1-2-17(12-20)23(30)31/h1-6,9,12-13,16,19H,7-8,10-11,14-15H2,(H,27,29)(H,30,31). The molecule has 0 bridgehead atoms. The van der Waals surface area contributed by atoms with E-state index in [4.69, 9.17) is 9.84 Å². The number of piperidine rings is 1. The summed E-state index contributed by atoms with van der Waals surface area (Å²) in [6, 6.07) is 8.06. The van der Waals surface area contributed by atoms with Crippen LogP contribution >= 0.6 is 0 Å². The van der Waals surface area contributed by atoms with E-state index in [1.54, 1.807) is 30.3 Å². The van der Waals surface area contributed by atoms with Gasteiger partial charge in [-0.1, -0.05) is 12.1 Å². The minimum absolute atomic E-state index is 0.146. The van der Waals surface area contributed by atoms with Gasteiger partial charge in [0.15, 0.2) is 0 Å². The van der Waals surface area contributed by atoms with Gasteiger partial charge in [-0.05, 0) is 49.1 Å². The smallest absolute Gasteiger partial charge is 0.335 e. The fraction of sp³-hybridized carbons (Fsp3) is 0.348. The van der Waals surface area contributed by atoms with Gasteiger partial charge in [0.25, 0.3) is 5.91 Å². The maximum atomic E-state index is 12.2. The number of benzene rings is 1. The Labute approximate surface area is 185 Å². The third-order valence-electron chi connectivity index (χ3n) is 5.60. The highest BCUT2D eigenvalue weighted by atomic mass is 16.5. The average Bonchev–Trinajstić information content (AvgIpc) is 2.84. The number of carboxylic acid groups (broad SMARTS) is 1. The Balaban J connectivity index is 1.21. The predicted octanol–water partition coefficient (Wildman–Crippen LogP) is 2.03. The van der Waals surface area contributed by atoms with Crippen molar-refractivity contribution in [1.29, 1.82) is 0 Å². The normalized spacial score (nSPS) is 18.7. The third kappa shape index (κ3) is 5.48. The highest BCUT2D eigenvalue weighted by Crippen LogP contribution is 2.21. The van der Waals surface area contributed by atoms with Gasteiger partial charge in [-0.15, -0.1) is 0 Å². The molecule has 32 heavy (non-hydrogen) atoms. The van der Waals surface area contributed by atoms with Gasteiger partial charge in [-0.25, -0.2) is 4.79 Å². The van der Waals surface area contributed by atoms with Gasteiger partial charge in [0, 0.05) is 13.1 Å². The molecule has 1 atom stereocenters. The number of hydrogen-bond donors (Lipinski definition) is 2. The van der Waals surface area contributed by atoms with Crippen molar-refractivity contribution in [2.75, 3.05) is 26.2 Å². The first-order chi connectivity index (χ1) is 15.6. The lowest BCUT2D eigenvalue weighted by atomic mass is 9.97. The lowest BCUT2D eigenvalue weighted by molar-refractivity contribution is 0.0696. The summed E-state index contributed by atoms with van der Waals surface area (Å²) < 4.78 is 5.83. The van der Waals surface area contributed by atoms with Crippen LogP contribution in [0.3, 0.4) is 0 Å². The minimum Gasteiger partial charge on any atom is -0.493 e. The Morgan fingerprint density at radius 1 is 1.16 bits per heavy atom. The van der Waals surface area contributed by atoms with Crippen molar-refractivity contribution in [2.45, 2.75) is 18.9 Å². The van der Waals surface area contributed by atoms with Crippen molar-refractivity contribution in [3.05, 3.63) is 66.0 Å². The van der Waals surface area contributed by atoms with Crippen LogP contribution in [-0.4, -0.2) is 70.2 Å². The van der Waals surface area contributed by atoms with Crippen molar-refractivity contribution < 1.29 is 19.4 Å². The second kappa shape index (κ2) is 10.0. The molecule has 2 N–H and O–H groups in total. The molecule has 9 nitrogen and oxygen atoms in total. The number of amidine groups is 1. The quantitative estimate of drug-likeness (QED) is 0.713. The zero-order valence-corrected chi connectivity index (χ0v) is 17.6. The SMILES string of the molecule is O=C(O)c1cccc(OCC2CCN(C3=NCC(NC(=O)c4ccnnc4)C=C3)CC2)c1. The molecular weight excluding hydrogens is 410 g/mol. The van der Waals surface area contributed by atoms with Gasteiger partial charge >= 0.3 is 5.97 Å². The third-order valence-corrected chi connectivity index (χ3v) is 5.60. The number of carboxylic acids is 1. The summed E-state index contributed by atoms with van der Waals surface area (Å²) in [5.41, 5.74) is 0.702. The fourth-order valence-electron chi connectivity index (χ4n) is 3.75. The van der Waals surface area contributed by atoms with Crippen LogP contribution in [0.25, 0.3) is 0 Å². The number of ether oxygens (including phenoxy) is 1. The molecule has 1 amide bonds. The molecule has 166 valence electrons. The molecule has 0 saturated carbocycles. The van der Waals surface area contributed by atoms with Crippen molar-refractivity contribution in [3.8, 4) is 5.75 Å². The average molecular weight is 435 g/mol. The van der Waals surface area contributed by atoms with E-state index in [0.29, 0.717) is 30.4 Å². The van der Waals surface area contributed by atoms with Gasteiger partial charge in [-0.3, -0.25) is 9.79 Å². The van der Waals surface area contributed by atoms with Crippen LogP contribution in [0.2, 0.25) is 0 Å². The summed E-state index contributed by atoms with van der Waals surface area (Å²) in [6.07, 6.45) is 8.81. The lowest BCUT2D eigenvalue weighted by Crippen LogP contribution is -2.42. The van der Waals surface area contributed by atoms with Crippen molar-refractivity contribution >= 4 is 17.7 Å². The Hall–Kier alpha value is -3.75. The molecule has 1 saturated heterocycles. The van der Waals surface area contributed by atoms with Crippen LogP contribution in [-0.2, 0) is 0 Å². The number of likely N-dealkylation sites (tertiary alicyclic amines) is 1. The fourth-order valence-corrected chi connectivity index (χ4v) is 3.75. The van der Waals surface area contributed by atoms with Crippen LogP contribution in [0.4, 0.5) is 0 Å². The van der Waals surface area contributed by atoms with E-state index in [9.17, 15) is 9.59 Å². The van der Waals surface area contributed by atoms with Gasteiger partial charge in [-0.2, -0.15) is 10.2 Å². The highest BCUT2D eigenvalue weighted by molar-refractivity contribution is 5.96. The topological polar surface area (TPSA) is 117 Å². The molecule has 4 rings (SSSR count). The van der Waals surface area contributed by atoms with Crippen molar-refractivity contribution in [3.63, 3.8) is 0 Å². The largest absolute Gasteiger partial charge is 0.493 e. The Bertz CT molecular complexity index is 1020. The number of carbonyl (C=O) groups excluding carboxylic acids is 1. The van der Waals surface area contributed by atoms with Crippen LogP contribution in [0.15, 0.2) is 59.9 Å². The molecule has 1 unspecified atom stereocenters. The molecule has 1 aromatic heterocycles. The molecule has 2 aromatic rings. The Kier molecular flexibility index (Phi) is 6.74. The summed E-state index contributed by atoms with van der Waals surface area (Å²) in [4.78, 5) is 30.2. The number of hydrogen-bond acceptors (Lipinski definition) is 7. The molecular formula is C23H25N5O4. The number of aliphatic imine (C=N–C) groups is 1. The lowest BCUT2D eigenvalue weighted by Gasteiger charge is -2.34. The zero-order valence-electron chi connectivity index (χ0n) is 17.6. The van der Waals surface area contributed by atoms with E-state index in [1.165, 1.54) is 12.4 Å². The molecule has 1 aromatic carbocycles. The summed E-state index contributed by atoms with van der Waals surface area (Å²) in [6.45, 7) is 2.83. The first-order valence-corrected chi connectivity index (χ1v) is 10.6. The maximum Gasteiger partial charge on any atom is 0.335 e. The van der Waals surface area contributed by atoms with Crippen molar-refractivity contribution in [1.82, 2.24) is 20.4 Å². The molecule has 0 radical (unpaired) electrons. The molecule has 3 heterocycles. The van der Waals surface area contributed by atoms with Crippen LogP contribution in [0, 0.1) is 5.92 Å². The van der Waals surface area contributed by atoms with Crippen LogP contribution < -0.4 is 10.1 Å². The number of amides is 1. The van der Waals surface area contributed by atoms with E-state index in [-0.39, 0.29) is 17.5 Å². The number of dihydropyridines is 1. The molecule has 1 fully saturated rings. The molecule has 0 spiro atoms. The monoisotopic (exact) mass is 435 g/mol. The first-order valence-electron chi connectivity index (χ1n) is 10.6. The van der Waals surface area contributed by atoms with E-state index in [0.717, 1.165) is 31.8 Å². The number of aromatic carboxylic acids is 1. The first kappa shape index (κ1) is 21.5.